The van der Waals surface area contributed by atoms with Crippen LogP contribution in [0.3, 0.4) is 0 Å². The van der Waals surface area contributed by atoms with Crippen LogP contribution in [0.25, 0.3) is 9.40 Å². The van der Waals surface area contributed by atoms with Crippen LogP contribution in [0, 0.1) is 0 Å². The molecule has 0 saturated carbocycles. The zero-order valence-corrected chi connectivity index (χ0v) is 13.9. The van der Waals surface area contributed by atoms with Gasteiger partial charge in [-0.05, 0) is 30.5 Å². The van der Waals surface area contributed by atoms with E-state index in [2.05, 4.69) is 13.0 Å². The molecule has 2 heterocycles. The van der Waals surface area contributed by atoms with Gasteiger partial charge in [0.2, 0.25) is 0 Å². The van der Waals surface area contributed by atoms with E-state index < -0.39 is 5.24 Å². The number of carbonyl (C=O) groups excluding carboxylic acids is 1. The molecule has 0 aliphatic rings. The molecule has 104 valence electrons. The monoisotopic (exact) mass is 334 g/mol. The van der Waals surface area contributed by atoms with Gasteiger partial charge >= 0.3 is 0 Å². The number of carbonyl (C=O) groups is 1. The minimum absolute atomic E-state index is 0.459. The van der Waals surface area contributed by atoms with Crippen molar-refractivity contribution in [3.8, 4) is 0 Å². The Hall–Kier alpha value is -0.0900. The van der Waals surface area contributed by atoms with Crippen molar-refractivity contribution in [3.63, 3.8) is 0 Å². The number of aryl methyl sites for hydroxylation is 1. The van der Waals surface area contributed by atoms with Crippen molar-refractivity contribution in [2.75, 3.05) is 0 Å². The fourth-order valence-electron chi connectivity index (χ4n) is 2.06. The Morgan fingerprint density at radius 3 is 2.58 bits per heavy atom. The summed E-state index contributed by atoms with van der Waals surface area (Å²) in [6, 6.07) is 2.15. The molecule has 5 heteroatoms. The summed E-state index contributed by atoms with van der Waals surface area (Å²) in [7, 11) is 0. The smallest absolute Gasteiger partial charge is 0.263 e. The van der Waals surface area contributed by atoms with Crippen LogP contribution in [0.4, 0.5) is 0 Å². The number of fused-ring (bicyclic) bond motifs is 1. The first-order chi connectivity index (χ1) is 9.13. The molecule has 0 amide bonds. The molecule has 0 spiro atoms. The minimum Gasteiger partial charge on any atom is -0.275 e. The summed E-state index contributed by atoms with van der Waals surface area (Å²) in [6.07, 6.45) is 7.55. The van der Waals surface area contributed by atoms with E-state index in [0.29, 0.717) is 9.90 Å². The highest BCUT2D eigenvalue weighted by Crippen LogP contribution is 2.41. The third-order valence-corrected chi connectivity index (χ3v) is 6.45. The predicted octanol–water partition coefficient (Wildman–Crippen LogP) is 6.51. The van der Waals surface area contributed by atoms with Crippen LogP contribution in [-0.2, 0) is 6.42 Å². The minimum atomic E-state index is -0.459. The molecule has 0 N–H and O–H groups in total. The molecule has 0 radical (unpaired) electrons. The summed E-state index contributed by atoms with van der Waals surface area (Å²) in [5.74, 6) is 0. The summed E-state index contributed by atoms with van der Waals surface area (Å²) in [4.78, 5) is 13.0. The fourth-order valence-corrected chi connectivity index (χ4v) is 5.11. The van der Waals surface area contributed by atoms with E-state index in [-0.39, 0.29) is 0 Å². The number of hydrogen-bond donors (Lipinski definition) is 0. The highest BCUT2D eigenvalue weighted by molar-refractivity contribution is 7.30. The Kier molecular flexibility index (Phi) is 5.70. The third kappa shape index (κ3) is 3.72. The first-order valence-electron chi connectivity index (χ1n) is 6.54. The van der Waals surface area contributed by atoms with Crippen molar-refractivity contribution in [3.05, 3.63) is 20.8 Å². The van der Waals surface area contributed by atoms with Gasteiger partial charge in [0, 0.05) is 9.58 Å². The number of halogens is 2. The van der Waals surface area contributed by atoms with Gasteiger partial charge in [-0.1, -0.05) is 44.2 Å². The zero-order chi connectivity index (χ0) is 13.8. The van der Waals surface area contributed by atoms with Gasteiger partial charge in [0.05, 0.1) is 9.72 Å². The van der Waals surface area contributed by atoms with E-state index >= 15 is 0 Å². The second kappa shape index (κ2) is 7.07. The van der Waals surface area contributed by atoms with E-state index in [1.807, 2.05) is 0 Å². The lowest BCUT2D eigenvalue weighted by molar-refractivity contribution is 0.108. The molecule has 2 aromatic heterocycles. The molecule has 2 aromatic rings. The molecule has 0 unspecified atom stereocenters. The number of thiophene rings is 2. The first-order valence-corrected chi connectivity index (χ1v) is 8.93. The van der Waals surface area contributed by atoms with E-state index in [9.17, 15) is 4.79 Å². The van der Waals surface area contributed by atoms with Crippen molar-refractivity contribution in [1.82, 2.24) is 0 Å². The molecular formula is C14H16Cl2OS2. The van der Waals surface area contributed by atoms with Crippen LogP contribution >= 0.6 is 45.9 Å². The summed E-state index contributed by atoms with van der Waals surface area (Å²) in [5.41, 5.74) is 0. The van der Waals surface area contributed by atoms with Gasteiger partial charge in [0.1, 0.15) is 4.88 Å². The maximum absolute atomic E-state index is 11.2. The van der Waals surface area contributed by atoms with Crippen LogP contribution in [0.5, 0.6) is 0 Å². The summed E-state index contributed by atoms with van der Waals surface area (Å²) >= 11 is 14.8. The standard InChI is InChI=1S/C14H16Cl2OS2/c1-2-3-4-5-6-7-9-8-10-12(18-9)11(15)13(19-10)14(16)17/h8H,2-7H2,1H3. The molecule has 0 aliphatic carbocycles. The van der Waals surface area contributed by atoms with Crippen LogP contribution in [0.2, 0.25) is 5.02 Å². The van der Waals surface area contributed by atoms with Crippen molar-refractivity contribution < 1.29 is 4.79 Å². The second-order valence-electron chi connectivity index (χ2n) is 4.59. The number of unbranched alkanes of at least 4 members (excludes halogenated alkanes) is 4. The Labute approximate surface area is 131 Å². The SMILES string of the molecule is CCCCCCCc1cc2sc(C(=O)Cl)c(Cl)c2s1. The average molecular weight is 335 g/mol. The molecule has 19 heavy (non-hydrogen) atoms. The topological polar surface area (TPSA) is 17.1 Å². The quantitative estimate of drug-likeness (QED) is 0.416. The first kappa shape index (κ1) is 15.3. The van der Waals surface area contributed by atoms with E-state index in [4.69, 9.17) is 23.2 Å². The maximum atomic E-state index is 11.2. The molecule has 0 saturated heterocycles. The highest BCUT2D eigenvalue weighted by atomic mass is 35.5. The molecule has 2 rings (SSSR count). The second-order valence-corrected chi connectivity index (χ2v) is 7.50. The number of rotatable bonds is 7. The molecule has 1 nitrogen and oxygen atoms in total. The molecule has 0 aliphatic heterocycles. The average Bonchev–Trinajstić information content (AvgIpc) is 2.89. The molecule has 0 bridgehead atoms. The summed E-state index contributed by atoms with van der Waals surface area (Å²) in [6.45, 7) is 2.23. The normalized spacial score (nSPS) is 11.3. The Morgan fingerprint density at radius 1 is 1.21 bits per heavy atom. The molecule has 0 atom stereocenters. The molecular weight excluding hydrogens is 319 g/mol. The maximum Gasteiger partial charge on any atom is 0.263 e. The van der Waals surface area contributed by atoms with Crippen LogP contribution in [0.1, 0.15) is 53.6 Å². The predicted molar refractivity (Wildman–Crippen MR) is 87.4 cm³/mol. The van der Waals surface area contributed by atoms with Gasteiger partial charge in [0.15, 0.2) is 0 Å². The lowest BCUT2D eigenvalue weighted by Crippen LogP contribution is -1.83. The van der Waals surface area contributed by atoms with Crippen molar-refractivity contribution in [2.24, 2.45) is 0 Å². The molecule has 0 fully saturated rings. The Morgan fingerprint density at radius 2 is 1.95 bits per heavy atom. The lowest BCUT2D eigenvalue weighted by Gasteiger charge is -1.98. The van der Waals surface area contributed by atoms with Gasteiger partial charge in [-0.25, -0.2) is 0 Å². The van der Waals surface area contributed by atoms with Gasteiger partial charge in [-0.3, -0.25) is 4.79 Å². The van der Waals surface area contributed by atoms with Gasteiger partial charge in [0.25, 0.3) is 5.24 Å². The fraction of sp³-hybridized carbons (Fsp3) is 0.500. The lowest BCUT2D eigenvalue weighted by atomic mass is 10.1. The zero-order valence-electron chi connectivity index (χ0n) is 10.8. The third-order valence-electron chi connectivity index (χ3n) is 3.07. The van der Waals surface area contributed by atoms with Crippen molar-refractivity contribution >= 4 is 60.5 Å². The van der Waals surface area contributed by atoms with E-state index in [1.54, 1.807) is 11.3 Å². The van der Waals surface area contributed by atoms with Gasteiger partial charge in [-0.15, -0.1) is 22.7 Å². The van der Waals surface area contributed by atoms with Crippen LogP contribution in [0.15, 0.2) is 6.07 Å². The summed E-state index contributed by atoms with van der Waals surface area (Å²) in [5, 5.41) is 0.0711. The highest BCUT2D eigenvalue weighted by Gasteiger charge is 2.17. The van der Waals surface area contributed by atoms with E-state index in [0.717, 1.165) is 15.8 Å². The van der Waals surface area contributed by atoms with E-state index in [1.165, 1.54) is 48.3 Å². The van der Waals surface area contributed by atoms with Crippen molar-refractivity contribution in [2.45, 2.75) is 45.4 Å². The Bertz CT molecular complexity index is 571. The van der Waals surface area contributed by atoms with Crippen LogP contribution in [-0.4, -0.2) is 5.24 Å². The van der Waals surface area contributed by atoms with Crippen molar-refractivity contribution in [1.29, 1.82) is 0 Å². The number of hydrogen-bond acceptors (Lipinski definition) is 3. The van der Waals surface area contributed by atoms with Gasteiger partial charge in [-0.2, -0.15) is 0 Å². The summed E-state index contributed by atoms with van der Waals surface area (Å²) < 4.78 is 2.10. The molecule has 0 aromatic carbocycles. The van der Waals surface area contributed by atoms with Gasteiger partial charge < -0.3 is 0 Å². The van der Waals surface area contributed by atoms with Crippen LogP contribution < -0.4 is 0 Å². The Balaban J connectivity index is 2.00. The largest absolute Gasteiger partial charge is 0.275 e.